The molecule has 0 spiro atoms. The molecule has 3 heteroatoms. The van der Waals surface area contributed by atoms with Gasteiger partial charge in [0.25, 0.3) is 0 Å². The summed E-state index contributed by atoms with van der Waals surface area (Å²) in [5, 5.41) is 3.50. The van der Waals surface area contributed by atoms with Gasteiger partial charge >= 0.3 is 0 Å². The average molecular weight is 242 g/mol. The van der Waals surface area contributed by atoms with Crippen molar-refractivity contribution in [3.63, 3.8) is 0 Å². The standard InChI is InChI=1S/C14H30N2O/c1-13(2)12-15-8-4-5-9-16(10-11-17-3)14-6-7-14/h13-15H,4-12H2,1-3H3. The Bertz CT molecular complexity index is 181. The highest BCUT2D eigenvalue weighted by Crippen LogP contribution is 2.26. The molecule has 0 saturated heterocycles. The molecule has 0 amide bonds. The van der Waals surface area contributed by atoms with Gasteiger partial charge in [0.2, 0.25) is 0 Å². The molecule has 1 fully saturated rings. The molecule has 1 saturated carbocycles. The number of ether oxygens (including phenoxy) is 1. The van der Waals surface area contributed by atoms with Gasteiger partial charge in [0.05, 0.1) is 6.61 Å². The summed E-state index contributed by atoms with van der Waals surface area (Å²) >= 11 is 0. The highest BCUT2D eigenvalue weighted by atomic mass is 16.5. The zero-order valence-corrected chi connectivity index (χ0v) is 11.9. The molecule has 0 aromatic rings. The van der Waals surface area contributed by atoms with Crippen molar-refractivity contribution >= 4 is 0 Å². The van der Waals surface area contributed by atoms with E-state index in [9.17, 15) is 0 Å². The van der Waals surface area contributed by atoms with Crippen LogP contribution in [0.25, 0.3) is 0 Å². The van der Waals surface area contributed by atoms with Crippen LogP contribution in [0, 0.1) is 5.92 Å². The van der Waals surface area contributed by atoms with Crippen LogP contribution in [-0.2, 0) is 4.74 Å². The second-order valence-corrected chi connectivity index (χ2v) is 5.57. The van der Waals surface area contributed by atoms with Gasteiger partial charge in [-0.25, -0.2) is 0 Å². The van der Waals surface area contributed by atoms with Gasteiger partial charge < -0.3 is 10.1 Å². The van der Waals surface area contributed by atoms with Gasteiger partial charge in [-0.3, -0.25) is 4.90 Å². The molecule has 0 unspecified atom stereocenters. The van der Waals surface area contributed by atoms with Crippen molar-refractivity contribution in [2.75, 3.05) is 39.9 Å². The molecule has 1 aliphatic carbocycles. The van der Waals surface area contributed by atoms with Gasteiger partial charge in [0.1, 0.15) is 0 Å². The van der Waals surface area contributed by atoms with Gasteiger partial charge in [0, 0.05) is 19.7 Å². The highest BCUT2D eigenvalue weighted by Gasteiger charge is 2.27. The van der Waals surface area contributed by atoms with Crippen LogP contribution in [0.1, 0.15) is 39.5 Å². The Kier molecular flexibility index (Phi) is 7.82. The maximum Gasteiger partial charge on any atom is 0.0589 e. The first-order valence-electron chi connectivity index (χ1n) is 7.17. The van der Waals surface area contributed by atoms with Crippen LogP contribution in [0.2, 0.25) is 0 Å². The fourth-order valence-corrected chi connectivity index (χ4v) is 2.08. The van der Waals surface area contributed by atoms with Crippen LogP contribution in [0.3, 0.4) is 0 Å². The number of rotatable bonds is 11. The van der Waals surface area contributed by atoms with E-state index in [2.05, 4.69) is 24.1 Å². The van der Waals surface area contributed by atoms with Crippen LogP contribution < -0.4 is 5.32 Å². The molecule has 3 nitrogen and oxygen atoms in total. The van der Waals surface area contributed by atoms with Gasteiger partial charge in [0.15, 0.2) is 0 Å². The number of methoxy groups -OCH3 is 1. The van der Waals surface area contributed by atoms with Crippen LogP contribution in [0.4, 0.5) is 0 Å². The number of nitrogens with one attached hydrogen (secondary N) is 1. The van der Waals surface area contributed by atoms with Crippen LogP contribution in [0.5, 0.6) is 0 Å². The van der Waals surface area contributed by atoms with Crippen molar-refractivity contribution in [2.45, 2.75) is 45.6 Å². The summed E-state index contributed by atoms with van der Waals surface area (Å²) in [7, 11) is 1.79. The Morgan fingerprint density at radius 3 is 2.59 bits per heavy atom. The molecule has 0 aromatic heterocycles. The van der Waals surface area contributed by atoms with E-state index in [1.807, 2.05) is 0 Å². The van der Waals surface area contributed by atoms with Crippen LogP contribution in [-0.4, -0.2) is 50.8 Å². The minimum atomic E-state index is 0.764. The predicted molar refractivity (Wildman–Crippen MR) is 73.4 cm³/mol. The van der Waals surface area contributed by atoms with E-state index >= 15 is 0 Å². The Hall–Kier alpha value is -0.120. The Morgan fingerprint density at radius 2 is 2.00 bits per heavy atom. The van der Waals surface area contributed by atoms with Crippen molar-refractivity contribution in [1.82, 2.24) is 10.2 Å². The van der Waals surface area contributed by atoms with Gasteiger partial charge in [-0.1, -0.05) is 13.8 Å². The lowest BCUT2D eigenvalue weighted by atomic mass is 10.2. The van der Waals surface area contributed by atoms with Crippen LogP contribution >= 0.6 is 0 Å². The van der Waals surface area contributed by atoms with E-state index in [0.717, 1.165) is 31.7 Å². The van der Waals surface area contributed by atoms with E-state index in [-0.39, 0.29) is 0 Å². The van der Waals surface area contributed by atoms with Crippen molar-refractivity contribution in [2.24, 2.45) is 5.92 Å². The molecule has 0 heterocycles. The van der Waals surface area contributed by atoms with E-state index < -0.39 is 0 Å². The second-order valence-electron chi connectivity index (χ2n) is 5.57. The molecule has 1 N–H and O–H groups in total. The van der Waals surface area contributed by atoms with Gasteiger partial charge in [-0.15, -0.1) is 0 Å². The normalized spacial score (nSPS) is 16.1. The van der Waals surface area contributed by atoms with Gasteiger partial charge in [-0.05, 0) is 51.2 Å². The van der Waals surface area contributed by atoms with Crippen molar-refractivity contribution < 1.29 is 4.74 Å². The van der Waals surface area contributed by atoms with Crippen molar-refractivity contribution in [3.05, 3.63) is 0 Å². The molecule has 0 radical (unpaired) electrons. The van der Waals surface area contributed by atoms with Crippen LogP contribution in [0.15, 0.2) is 0 Å². The topological polar surface area (TPSA) is 24.5 Å². The fourth-order valence-electron chi connectivity index (χ4n) is 2.08. The molecule has 102 valence electrons. The minimum absolute atomic E-state index is 0.764. The highest BCUT2D eigenvalue weighted by molar-refractivity contribution is 4.84. The van der Waals surface area contributed by atoms with Gasteiger partial charge in [-0.2, -0.15) is 0 Å². The van der Waals surface area contributed by atoms with E-state index in [0.29, 0.717) is 0 Å². The quantitative estimate of drug-likeness (QED) is 0.562. The summed E-state index contributed by atoms with van der Waals surface area (Å²) in [6, 6.07) is 0.869. The first kappa shape index (κ1) is 14.9. The maximum absolute atomic E-state index is 5.17. The molecule has 0 aromatic carbocycles. The Balaban J connectivity index is 1.95. The van der Waals surface area contributed by atoms with Crippen molar-refractivity contribution in [3.8, 4) is 0 Å². The number of hydrogen-bond donors (Lipinski definition) is 1. The zero-order valence-electron chi connectivity index (χ0n) is 11.9. The lowest BCUT2D eigenvalue weighted by molar-refractivity contribution is 0.142. The summed E-state index contributed by atoms with van der Waals surface area (Å²) in [5.41, 5.74) is 0. The van der Waals surface area contributed by atoms with E-state index in [4.69, 9.17) is 4.74 Å². The summed E-state index contributed by atoms with van der Waals surface area (Å²) in [6.07, 6.45) is 5.40. The first-order valence-corrected chi connectivity index (χ1v) is 7.17. The van der Waals surface area contributed by atoms with E-state index in [1.165, 1.54) is 38.8 Å². The second kappa shape index (κ2) is 8.90. The lowest BCUT2D eigenvalue weighted by Crippen LogP contribution is -2.31. The Morgan fingerprint density at radius 1 is 1.24 bits per heavy atom. The molecule has 1 rings (SSSR count). The third-order valence-corrected chi connectivity index (χ3v) is 3.25. The largest absolute Gasteiger partial charge is 0.383 e. The fraction of sp³-hybridized carbons (Fsp3) is 1.00. The molecule has 0 aliphatic heterocycles. The minimum Gasteiger partial charge on any atom is -0.383 e. The molecule has 17 heavy (non-hydrogen) atoms. The SMILES string of the molecule is COCCN(CCCCNCC(C)C)C1CC1. The third kappa shape index (κ3) is 7.74. The number of hydrogen-bond acceptors (Lipinski definition) is 3. The molecule has 0 atom stereocenters. The molecular weight excluding hydrogens is 212 g/mol. The molecular formula is C14H30N2O. The smallest absolute Gasteiger partial charge is 0.0589 e. The van der Waals surface area contributed by atoms with Crippen molar-refractivity contribution in [1.29, 1.82) is 0 Å². The molecule has 1 aliphatic rings. The summed E-state index contributed by atoms with van der Waals surface area (Å²) < 4.78 is 5.17. The zero-order chi connectivity index (χ0) is 12.5. The monoisotopic (exact) mass is 242 g/mol. The van der Waals surface area contributed by atoms with E-state index in [1.54, 1.807) is 7.11 Å². The summed E-state index contributed by atoms with van der Waals surface area (Å²) in [6.45, 7) is 10.1. The lowest BCUT2D eigenvalue weighted by Gasteiger charge is -2.21. The average Bonchev–Trinajstić information content (AvgIpc) is 3.10. The Labute approximate surface area is 107 Å². The first-order chi connectivity index (χ1) is 8.24. The summed E-state index contributed by atoms with van der Waals surface area (Å²) in [5.74, 6) is 0.764. The number of unbranched alkanes of at least 4 members (excludes halogenated alkanes) is 1. The summed E-state index contributed by atoms with van der Waals surface area (Å²) in [4.78, 5) is 2.60. The predicted octanol–water partition coefficient (Wildman–Crippen LogP) is 2.12. The molecule has 0 bridgehead atoms. The third-order valence-electron chi connectivity index (χ3n) is 3.25. The maximum atomic E-state index is 5.17. The number of nitrogens with zero attached hydrogens (tertiary/aromatic N) is 1.